The fraction of sp³-hybridized carbons (Fsp3) is 0.0833. The average Bonchev–Trinajstić information content (AvgIpc) is 2.76. The molecule has 1 aromatic carbocycles. The van der Waals surface area contributed by atoms with Crippen LogP contribution in [0.4, 0.5) is 0 Å². The first-order chi connectivity index (χ1) is 8.65. The molecule has 0 radical (unpaired) electrons. The molecule has 0 saturated carbocycles. The van der Waals surface area contributed by atoms with Gasteiger partial charge in [0.05, 0.1) is 6.21 Å². The number of nitrogens with one attached hydrogen (secondary N) is 2. The highest BCUT2D eigenvalue weighted by atomic mass is 16.3. The number of phenolic OH excluding ortho intramolecular Hbond substituents is 1. The van der Waals surface area contributed by atoms with E-state index in [2.05, 4.69) is 20.7 Å². The second-order valence-corrected chi connectivity index (χ2v) is 3.73. The Morgan fingerprint density at radius 1 is 1.50 bits per heavy atom. The van der Waals surface area contributed by atoms with Crippen molar-refractivity contribution in [3.8, 4) is 5.75 Å². The number of nitrogens with zero attached hydrogens (tertiary/aromatic N) is 2. The van der Waals surface area contributed by atoms with Crippen LogP contribution >= 0.6 is 0 Å². The number of carbonyl (C=O) groups excluding carboxylic acids is 1. The van der Waals surface area contributed by atoms with E-state index in [1.165, 1.54) is 12.3 Å². The quantitative estimate of drug-likeness (QED) is 0.559. The maximum atomic E-state index is 11.6. The summed E-state index contributed by atoms with van der Waals surface area (Å²) < 4.78 is 0. The summed E-state index contributed by atoms with van der Waals surface area (Å²) in [5, 5.41) is 19.5. The summed E-state index contributed by atoms with van der Waals surface area (Å²) in [7, 11) is 0. The second-order valence-electron chi connectivity index (χ2n) is 3.73. The first kappa shape index (κ1) is 11.8. The van der Waals surface area contributed by atoms with Crippen molar-refractivity contribution in [2.45, 2.75) is 6.92 Å². The van der Waals surface area contributed by atoms with Gasteiger partial charge >= 0.3 is 0 Å². The molecule has 0 bridgehead atoms. The van der Waals surface area contributed by atoms with Crippen LogP contribution in [0, 0.1) is 6.92 Å². The van der Waals surface area contributed by atoms with Gasteiger partial charge < -0.3 is 5.11 Å². The number of phenols is 1. The highest BCUT2D eigenvalue weighted by Crippen LogP contribution is 2.08. The third-order valence-electron chi connectivity index (χ3n) is 2.19. The van der Waals surface area contributed by atoms with Crippen LogP contribution in [0.5, 0.6) is 5.75 Å². The molecule has 18 heavy (non-hydrogen) atoms. The number of benzene rings is 1. The third-order valence-corrected chi connectivity index (χ3v) is 2.19. The highest BCUT2D eigenvalue weighted by Gasteiger charge is 2.07. The smallest absolute Gasteiger partial charge is 0.291 e. The molecular formula is C12H12N4O2. The first-order valence-electron chi connectivity index (χ1n) is 5.29. The lowest BCUT2D eigenvalue weighted by atomic mass is 10.2. The van der Waals surface area contributed by atoms with Crippen molar-refractivity contribution in [3.05, 3.63) is 47.3 Å². The molecule has 0 spiro atoms. The van der Waals surface area contributed by atoms with Crippen molar-refractivity contribution in [2.24, 2.45) is 5.10 Å². The van der Waals surface area contributed by atoms with Gasteiger partial charge in [-0.05, 0) is 30.7 Å². The molecule has 6 heteroatoms. The Morgan fingerprint density at radius 3 is 3.00 bits per heavy atom. The maximum Gasteiger partial charge on any atom is 0.291 e. The molecule has 1 heterocycles. The fourth-order valence-corrected chi connectivity index (χ4v) is 1.36. The predicted octanol–water partition coefficient (Wildman–Crippen LogP) is 1.19. The van der Waals surface area contributed by atoms with E-state index in [9.17, 15) is 9.90 Å². The van der Waals surface area contributed by atoms with E-state index >= 15 is 0 Å². The van der Waals surface area contributed by atoms with Crippen molar-refractivity contribution in [1.82, 2.24) is 15.6 Å². The first-order valence-corrected chi connectivity index (χ1v) is 5.29. The Labute approximate surface area is 103 Å². The number of aryl methyl sites for hydroxylation is 1. The molecule has 2 rings (SSSR count). The Morgan fingerprint density at radius 2 is 2.33 bits per heavy atom. The third kappa shape index (κ3) is 2.94. The standard InChI is InChI=1S/C12H12N4O2/c1-8-5-11(15-14-8)12(18)16-13-7-9-3-2-4-10(17)6-9/h2-7,17H,1H3,(H,14,15)(H,16,18)/b13-7+. The van der Waals surface area contributed by atoms with Gasteiger partial charge in [-0.15, -0.1) is 0 Å². The van der Waals surface area contributed by atoms with E-state index in [0.717, 1.165) is 5.69 Å². The van der Waals surface area contributed by atoms with Crippen LogP contribution in [0.2, 0.25) is 0 Å². The number of hydrogen-bond acceptors (Lipinski definition) is 4. The Balaban J connectivity index is 1.97. The molecule has 0 aliphatic rings. The van der Waals surface area contributed by atoms with E-state index in [0.29, 0.717) is 5.56 Å². The number of aromatic nitrogens is 2. The van der Waals surface area contributed by atoms with Gasteiger partial charge in [-0.3, -0.25) is 9.89 Å². The topological polar surface area (TPSA) is 90.4 Å². The van der Waals surface area contributed by atoms with Crippen LogP contribution in [0.25, 0.3) is 0 Å². The van der Waals surface area contributed by atoms with Crippen LogP contribution in [0.1, 0.15) is 21.7 Å². The van der Waals surface area contributed by atoms with Gasteiger partial charge in [0, 0.05) is 5.69 Å². The Kier molecular flexibility index (Phi) is 3.38. The van der Waals surface area contributed by atoms with Crippen LogP contribution in [0.3, 0.4) is 0 Å². The molecule has 6 nitrogen and oxygen atoms in total. The molecule has 0 aliphatic heterocycles. The fourth-order valence-electron chi connectivity index (χ4n) is 1.36. The van der Waals surface area contributed by atoms with Crippen LogP contribution in [0.15, 0.2) is 35.4 Å². The van der Waals surface area contributed by atoms with Crippen LogP contribution in [-0.2, 0) is 0 Å². The number of hydrogen-bond donors (Lipinski definition) is 3. The van der Waals surface area contributed by atoms with Gasteiger partial charge in [0.2, 0.25) is 0 Å². The lowest BCUT2D eigenvalue weighted by molar-refractivity contribution is 0.0950. The normalized spacial score (nSPS) is 10.7. The number of aromatic amines is 1. The lowest BCUT2D eigenvalue weighted by Crippen LogP contribution is -2.17. The molecule has 0 aliphatic carbocycles. The number of rotatable bonds is 3. The highest BCUT2D eigenvalue weighted by molar-refractivity contribution is 5.93. The van der Waals surface area contributed by atoms with E-state index in [1.807, 2.05) is 0 Å². The van der Waals surface area contributed by atoms with Crippen molar-refractivity contribution in [3.63, 3.8) is 0 Å². The monoisotopic (exact) mass is 244 g/mol. The molecule has 1 amide bonds. The largest absolute Gasteiger partial charge is 0.508 e. The van der Waals surface area contributed by atoms with Crippen molar-refractivity contribution in [2.75, 3.05) is 0 Å². The van der Waals surface area contributed by atoms with Crippen LogP contribution in [-0.4, -0.2) is 27.4 Å². The number of amides is 1. The summed E-state index contributed by atoms with van der Waals surface area (Å²) in [4.78, 5) is 11.6. The summed E-state index contributed by atoms with van der Waals surface area (Å²) >= 11 is 0. The van der Waals surface area contributed by atoms with Gasteiger partial charge in [-0.25, -0.2) is 5.43 Å². The molecule has 1 aromatic heterocycles. The molecule has 0 saturated heterocycles. The zero-order valence-electron chi connectivity index (χ0n) is 9.71. The molecule has 0 unspecified atom stereocenters. The summed E-state index contributed by atoms with van der Waals surface area (Å²) in [6, 6.07) is 8.17. The van der Waals surface area contributed by atoms with Crippen molar-refractivity contribution in [1.29, 1.82) is 0 Å². The van der Waals surface area contributed by atoms with Crippen LogP contribution < -0.4 is 5.43 Å². The van der Waals surface area contributed by atoms with Gasteiger partial charge in [0.1, 0.15) is 5.75 Å². The molecule has 92 valence electrons. The SMILES string of the molecule is Cc1cc(C(=O)N/N=C/c2cccc(O)c2)n[nH]1. The predicted molar refractivity (Wildman–Crippen MR) is 66.5 cm³/mol. The number of hydrazone groups is 1. The maximum absolute atomic E-state index is 11.6. The minimum Gasteiger partial charge on any atom is -0.508 e. The molecule has 0 atom stereocenters. The zero-order valence-corrected chi connectivity index (χ0v) is 9.71. The molecule has 2 aromatic rings. The van der Waals surface area contributed by atoms with Crippen molar-refractivity contribution >= 4 is 12.1 Å². The molecule has 3 N–H and O–H groups in total. The Bertz CT molecular complexity index is 589. The zero-order chi connectivity index (χ0) is 13.0. The number of aromatic hydroxyl groups is 1. The van der Waals surface area contributed by atoms with E-state index < -0.39 is 5.91 Å². The summed E-state index contributed by atoms with van der Waals surface area (Å²) in [6.07, 6.45) is 1.44. The molecule has 0 fully saturated rings. The van der Waals surface area contributed by atoms with E-state index in [-0.39, 0.29) is 11.4 Å². The van der Waals surface area contributed by atoms with Gasteiger partial charge in [0.25, 0.3) is 5.91 Å². The summed E-state index contributed by atoms with van der Waals surface area (Å²) in [6.45, 7) is 1.81. The Hall–Kier alpha value is -2.63. The van der Waals surface area contributed by atoms with E-state index in [1.54, 1.807) is 31.2 Å². The summed E-state index contributed by atoms with van der Waals surface area (Å²) in [5.74, 6) is -0.246. The van der Waals surface area contributed by atoms with Gasteiger partial charge in [0.15, 0.2) is 5.69 Å². The summed E-state index contributed by atoms with van der Waals surface area (Å²) in [5.41, 5.74) is 4.12. The number of carbonyl (C=O) groups is 1. The minimum atomic E-state index is -0.393. The second kappa shape index (κ2) is 5.13. The van der Waals surface area contributed by atoms with E-state index in [4.69, 9.17) is 0 Å². The van der Waals surface area contributed by atoms with Crippen molar-refractivity contribution < 1.29 is 9.90 Å². The molecular weight excluding hydrogens is 232 g/mol. The lowest BCUT2D eigenvalue weighted by Gasteiger charge is -1.96. The number of H-pyrrole nitrogens is 1. The van der Waals surface area contributed by atoms with Gasteiger partial charge in [-0.1, -0.05) is 12.1 Å². The average molecular weight is 244 g/mol. The minimum absolute atomic E-state index is 0.146. The van der Waals surface area contributed by atoms with Gasteiger partial charge in [-0.2, -0.15) is 10.2 Å².